The van der Waals surface area contributed by atoms with Crippen molar-refractivity contribution in [1.29, 1.82) is 0 Å². The molecule has 0 saturated heterocycles. The van der Waals surface area contributed by atoms with Crippen molar-refractivity contribution in [3.05, 3.63) is 34.6 Å². The van der Waals surface area contributed by atoms with Crippen LogP contribution in [0.2, 0.25) is 5.02 Å². The van der Waals surface area contributed by atoms with Gasteiger partial charge in [-0.1, -0.05) is 39.3 Å². The van der Waals surface area contributed by atoms with Crippen LogP contribution in [0.4, 0.5) is 0 Å². The molecule has 0 spiro atoms. The molecular weight excluding hydrogens is 324 g/mol. The number of phenols is 1. The molecule has 0 aliphatic rings. The Balaban J connectivity index is 2.61. The van der Waals surface area contributed by atoms with Crippen molar-refractivity contribution in [2.24, 2.45) is 0 Å². The van der Waals surface area contributed by atoms with E-state index in [4.69, 9.17) is 26.3 Å². The fourth-order valence-electron chi connectivity index (χ4n) is 2.62. The van der Waals surface area contributed by atoms with Crippen molar-refractivity contribution in [1.82, 2.24) is 9.97 Å². The Hall–Kier alpha value is -1.81. The largest absolute Gasteiger partial charge is 0.508 e. The first-order chi connectivity index (χ1) is 11.5. The number of hydrogen-bond acceptors (Lipinski definition) is 4. The smallest absolute Gasteiger partial charge is 0.241 e. The summed E-state index contributed by atoms with van der Waals surface area (Å²) in [4.78, 5) is 9.52. The van der Waals surface area contributed by atoms with Crippen molar-refractivity contribution in [2.45, 2.75) is 59.5 Å². The van der Waals surface area contributed by atoms with Crippen molar-refractivity contribution < 1.29 is 9.84 Å². The molecule has 0 radical (unpaired) electrons. The van der Waals surface area contributed by atoms with E-state index in [1.165, 1.54) is 6.07 Å². The van der Waals surface area contributed by atoms with Crippen LogP contribution in [-0.2, 0) is 12.8 Å². The van der Waals surface area contributed by atoms with Gasteiger partial charge in [-0.25, -0.2) is 9.97 Å². The van der Waals surface area contributed by atoms with Crippen molar-refractivity contribution in [2.75, 3.05) is 0 Å². The highest BCUT2D eigenvalue weighted by atomic mass is 35.5. The Bertz CT molecular complexity index is 700. The number of halogens is 1. The van der Waals surface area contributed by atoms with Gasteiger partial charge < -0.3 is 9.84 Å². The number of aromatic nitrogens is 2. The molecule has 1 N–H and O–H groups in total. The summed E-state index contributed by atoms with van der Waals surface area (Å²) in [6.07, 6.45) is 3.49. The van der Waals surface area contributed by atoms with Crippen LogP contribution in [0.1, 0.15) is 51.9 Å². The molecule has 2 rings (SSSR count). The minimum atomic E-state index is 0.0890. The van der Waals surface area contributed by atoms with Crippen LogP contribution >= 0.6 is 11.6 Å². The summed E-state index contributed by atoms with van der Waals surface area (Å²) >= 11 is 6.33. The van der Waals surface area contributed by atoms with Gasteiger partial charge in [-0.15, -0.1) is 0 Å². The number of aromatic hydroxyl groups is 1. The van der Waals surface area contributed by atoms with Crippen LogP contribution in [0, 0.1) is 0 Å². The molecular formula is C19H25ClN2O2. The molecule has 0 saturated carbocycles. The predicted molar refractivity (Wildman–Crippen MR) is 97.9 cm³/mol. The topological polar surface area (TPSA) is 55.2 Å². The second-order valence-corrected chi connectivity index (χ2v) is 6.11. The third-order valence-corrected chi connectivity index (χ3v) is 4.40. The second kappa shape index (κ2) is 8.34. The summed E-state index contributed by atoms with van der Waals surface area (Å²) in [5.74, 6) is 0.644. The third kappa shape index (κ3) is 3.99. The lowest BCUT2D eigenvalue weighted by molar-refractivity contribution is 0.184. The molecule has 0 bridgehead atoms. The molecule has 4 nitrogen and oxygen atoms in total. The molecule has 0 aliphatic carbocycles. The van der Waals surface area contributed by atoms with Gasteiger partial charge >= 0.3 is 0 Å². The van der Waals surface area contributed by atoms with Crippen LogP contribution in [0.3, 0.4) is 0 Å². The number of rotatable bonds is 7. The lowest BCUT2D eigenvalue weighted by Crippen LogP contribution is -2.17. The zero-order chi connectivity index (χ0) is 17.7. The molecule has 24 heavy (non-hydrogen) atoms. The quantitative estimate of drug-likeness (QED) is 0.747. The Morgan fingerprint density at radius 1 is 1.04 bits per heavy atom. The van der Waals surface area contributed by atoms with Crippen LogP contribution in [0.15, 0.2) is 18.2 Å². The number of benzene rings is 1. The van der Waals surface area contributed by atoms with Gasteiger partial charge in [0, 0.05) is 5.56 Å². The van der Waals surface area contributed by atoms with Crippen LogP contribution < -0.4 is 4.74 Å². The number of nitrogens with zero attached hydrogens (tertiary/aromatic N) is 2. The highest BCUT2D eigenvalue weighted by Gasteiger charge is 2.19. The fraction of sp³-hybridized carbons (Fsp3) is 0.474. The number of aryl methyl sites for hydroxylation is 2. The van der Waals surface area contributed by atoms with E-state index < -0.39 is 0 Å². The lowest BCUT2D eigenvalue weighted by Gasteiger charge is -2.19. The Kier molecular flexibility index (Phi) is 6.44. The first-order valence-electron chi connectivity index (χ1n) is 8.59. The Labute approximate surface area is 148 Å². The molecule has 0 unspecified atom stereocenters. The van der Waals surface area contributed by atoms with Crippen molar-refractivity contribution in [3.63, 3.8) is 0 Å². The third-order valence-electron chi connectivity index (χ3n) is 4.09. The van der Waals surface area contributed by atoms with Crippen LogP contribution in [0.5, 0.6) is 11.6 Å². The maximum atomic E-state index is 9.61. The first-order valence-corrected chi connectivity index (χ1v) is 8.96. The van der Waals surface area contributed by atoms with E-state index in [9.17, 15) is 5.11 Å². The van der Waals surface area contributed by atoms with E-state index in [1.807, 2.05) is 0 Å². The van der Waals surface area contributed by atoms with E-state index in [-0.39, 0.29) is 11.9 Å². The molecule has 0 atom stereocenters. The standard InChI is InChI=1S/C19H25ClN2O2/c1-5-13(6-2)24-19-18(14-10-9-12(23)11-15(14)20)21-16(7-3)17(8-4)22-19/h9-11,13,23H,5-8H2,1-4H3. The van der Waals surface area contributed by atoms with Crippen molar-refractivity contribution >= 4 is 11.6 Å². The molecule has 1 heterocycles. The summed E-state index contributed by atoms with van der Waals surface area (Å²) in [5, 5.41) is 10.0. The highest BCUT2D eigenvalue weighted by molar-refractivity contribution is 6.33. The van der Waals surface area contributed by atoms with Gasteiger partial charge in [0.15, 0.2) is 0 Å². The van der Waals surface area contributed by atoms with Crippen LogP contribution in [0.25, 0.3) is 11.3 Å². The van der Waals surface area contributed by atoms with E-state index in [0.29, 0.717) is 16.6 Å². The maximum Gasteiger partial charge on any atom is 0.241 e. The van der Waals surface area contributed by atoms with Gasteiger partial charge in [0.2, 0.25) is 5.88 Å². The fourth-order valence-corrected chi connectivity index (χ4v) is 2.88. The van der Waals surface area contributed by atoms with Gasteiger partial charge in [-0.3, -0.25) is 0 Å². The van der Waals surface area contributed by atoms with Crippen molar-refractivity contribution in [3.8, 4) is 22.9 Å². The minimum absolute atomic E-state index is 0.0890. The van der Waals surface area contributed by atoms with Gasteiger partial charge in [-0.05, 0) is 43.9 Å². The Morgan fingerprint density at radius 3 is 2.21 bits per heavy atom. The van der Waals surface area contributed by atoms with Gasteiger partial charge in [0.25, 0.3) is 0 Å². The normalized spacial score (nSPS) is 11.1. The molecule has 130 valence electrons. The second-order valence-electron chi connectivity index (χ2n) is 5.70. The van der Waals surface area contributed by atoms with Gasteiger partial charge in [0.05, 0.1) is 16.4 Å². The average molecular weight is 349 g/mol. The molecule has 5 heteroatoms. The molecule has 0 amide bonds. The number of ether oxygens (including phenoxy) is 1. The summed E-state index contributed by atoms with van der Waals surface area (Å²) in [5.41, 5.74) is 3.27. The summed E-state index contributed by atoms with van der Waals surface area (Å²) in [7, 11) is 0. The molecule has 0 fully saturated rings. The highest BCUT2D eigenvalue weighted by Crippen LogP contribution is 2.35. The monoisotopic (exact) mass is 348 g/mol. The zero-order valence-electron chi connectivity index (χ0n) is 14.8. The summed E-state index contributed by atoms with van der Waals surface area (Å²) in [6.45, 7) is 8.32. The molecule has 0 aliphatic heterocycles. The Morgan fingerprint density at radius 2 is 1.67 bits per heavy atom. The van der Waals surface area contributed by atoms with E-state index >= 15 is 0 Å². The molecule has 2 aromatic rings. The van der Waals surface area contributed by atoms with E-state index in [1.54, 1.807) is 12.1 Å². The summed E-state index contributed by atoms with van der Waals surface area (Å²) in [6, 6.07) is 4.87. The average Bonchev–Trinajstić information content (AvgIpc) is 2.59. The maximum absolute atomic E-state index is 9.61. The minimum Gasteiger partial charge on any atom is -0.508 e. The number of hydrogen-bond donors (Lipinski definition) is 1. The SMILES string of the molecule is CCc1nc(OC(CC)CC)c(-c2ccc(O)cc2Cl)nc1CC. The van der Waals surface area contributed by atoms with Gasteiger partial charge in [-0.2, -0.15) is 0 Å². The van der Waals surface area contributed by atoms with E-state index in [0.717, 1.165) is 42.6 Å². The first kappa shape index (κ1) is 18.5. The molecule has 1 aromatic carbocycles. The van der Waals surface area contributed by atoms with E-state index in [2.05, 4.69) is 27.7 Å². The number of phenolic OH excluding ortho intramolecular Hbond substituents is 1. The molecule has 1 aromatic heterocycles. The summed E-state index contributed by atoms with van der Waals surface area (Å²) < 4.78 is 6.13. The van der Waals surface area contributed by atoms with Gasteiger partial charge in [0.1, 0.15) is 17.5 Å². The predicted octanol–water partition coefficient (Wildman–Crippen LogP) is 5.19. The lowest BCUT2D eigenvalue weighted by atomic mass is 10.1. The zero-order valence-corrected chi connectivity index (χ0v) is 15.5. The van der Waals surface area contributed by atoms with Crippen LogP contribution in [-0.4, -0.2) is 21.2 Å².